The van der Waals surface area contributed by atoms with Gasteiger partial charge in [0.1, 0.15) is 11.4 Å². The van der Waals surface area contributed by atoms with E-state index in [0.29, 0.717) is 42.1 Å². The van der Waals surface area contributed by atoms with Crippen molar-refractivity contribution in [2.24, 2.45) is 5.92 Å². The summed E-state index contributed by atoms with van der Waals surface area (Å²) in [6.07, 6.45) is 8.76. The molecule has 156 valence electrons. The molecule has 1 saturated heterocycles. The highest BCUT2D eigenvalue weighted by Crippen LogP contribution is 2.46. The monoisotopic (exact) mass is 406 g/mol. The van der Waals surface area contributed by atoms with Gasteiger partial charge < -0.3 is 9.42 Å². The number of aryl methyl sites for hydroxylation is 1. The van der Waals surface area contributed by atoms with Crippen molar-refractivity contribution in [2.45, 2.75) is 51.0 Å². The Hall–Kier alpha value is -3.03. The minimum absolute atomic E-state index is 0.0302. The van der Waals surface area contributed by atoms with E-state index in [1.165, 1.54) is 12.8 Å². The highest BCUT2D eigenvalue weighted by Gasteiger charge is 2.46. The van der Waals surface area contributed by atoms with Crippen LogP contribution in [0, 0.1) is 5.92 Å². The van der Waals surface area contributed by atoms with Crippen molar-refractivity contribution in [2.75, 3.05) is 13.1 Å². The number of piperidine rings is 1. The minimum Gasteiger partial charge on any atom is -0.336 e. The molecule has 1 amide bonds. The molecule has 3 aromatic heterocycles. The summed E-state index contributed by atoms with van der Waals surface area (Å²) in [6, 6.07) is 7.44. The van der Waals surface area contributed by atoms with Crippen LogP contribution in [0.4, 0.5) is 0 Å². The third-order valence-electron chi connectivity index (χ3n) is 6.26. The molecule has 1 aliphatic carbocycles. The van der Waals surface area contributed by atoms with Gasteiger partial charge >= 0.3 is 0 Å². The van der Waals surface area contributed by atoms with Gasteiger partial charge in [-0.3, -0.25) is 14.5 Å². The SMILES string of the molecule is CCn1nccc1C(=O)N1CCCC(CC2CC2)(c2noc(-c3ccccn3)n2)C1. The third kappa shape index (κ3) is 3.51. The molecular weight excluding hydrogens is 380 g/mol. The second-order valence-electron chi connectivity index (χ2n) is 8.43. The maximum atomic E-state index is 13.3. The molecule has 1 aliphatic heterocycles. The molecule has 0 N–H and O–H groups in total. The quantitative estimate of drug-likeness (QED) is 0.624. The van der Waals surface area contributed by atoms with E-state index in [1.807, 2.05) is 30.0 Å². The van der Waals surface area contributed by atoms with Gasteiger partial charge in [0.05, 0.1) is 5.41 Å². The van der Waals surface area contributed by atoms with E-state index in [9.17, 15) is 4.79 Å². The number of likely N-dealkylation sites (tertiary alicyclic amines) is 1. The zero-order valence-electron chi connectivity index (χ0n) is 17.2. The van der Waals surface area contributed by atoms with Crippen LogP contribution >= 0.6 is 0 Å². The van der Waals surface area contributed by atoms with Crippen LogP contribution in [-0.4, -0.2) is 48.8 Å². The number of hydrogen-bond donors (Lipinski definition) is 0. The zero-order chi connectivity index (χ0) is 20.6. The second kappa shape index (κ2) is 7.66. The van der Waals surface area contributed by atoms with Gasteiger partial charge in [0.2, 0.25) is 0 Å². The van der Waals surface area contributed by atoms with Gasteiger partial charge in [-0.1, -0.05) is 24.1 Å². The molecule has 8 heteroatoms. The van der Waals surface area contributed by atoms with Gasteiger partial charge in [0.15, 0.2) is 5.82 Å². The standard InChI is InChI=1S/C22H26N6O2/c1-2-28-18(9-12-24-28)20(29)27-13-5-10-22(15-27,14-16-7-8-16)21-25-19(30-26-21)17-6-3-4-11-23-17/h3-4,6,9,11-12,16H,2,5,7-8,10,13-15H2,1H3. The van der Waals surface area contributed by atoms with E-state index in [-0.39, 0.29) is 11.3 Å². The Morgan fingerprint density at radius 3 is 2.93 bits per heavy atom. The molecule has 1 atom stereocenters. The Morgan fingerprint density at radius 2 is 2.17 bits per heavy atom. The summed E-state index contributed by atoms with van der Waals surface area (Å²) in [5.41, 5.74) is 1.04. The fourth-order valence-electron chi connectivity index (χ4n) is 4.58. The second-order valence-corrected chi connectivity index (χ2v) is 8.43. The van der Waals surface area contributed by atoms with Gasteiger partial charge in [-0.25, -0.2) is 0 Å². The normalized spacial score (nSPS) is 21.7. The molecule has 2 aliphatic rings. The highest BCUT2D eigenvalue weighted by atomic mass is 16.5. The summed E-state index contributed by atoms with van der Waals surface area (Å²) >= 11 is 0. The van der Waals surface area contributed by atoms with Gasteiger partial charge in [0.25, 0.3) is 11.8 Å². The number of nitrogens with zero attached hydrogens (tertiary/aromatic N) is 6. The maximum Gasteiger partial charge on any atom is 0.276 e. The lowest BCUT2D eigenvalue weighted by molar-refractivity contribution is 0.0595. The van der Waals surface area contributed by atoms with Crippen molar-refractivity contribution in [3.05, 3.63) is 48.2 Å². The van der Waals surface area contributed by atoms with Gasteiger partial charge in [0, 0.05) is 32.0 Å². The number of carbonyl (C=O) groups is 1. The molecule has 3 aromatic rings. The lowest BCUT2D eigenvalue weighted by Crippen LogP contribution is -2.49. The molecule has 0 spiro atoms. The molecule has 30 heavy (non-hydrogen) atoms. The Balaban J connectivity index is 1.45. The number of amides is 1. The first kappa shape index (κ1) is 19.0. The summed E-state index contributed by atoms with van der Waals surface area (Å²) in [7, 11) is 0. The molecule has 5 rings (SSSR count). The number of pyridine rings is 1. The third-order valence-corrected chi connectivity index (χ3v) is 6.26. The summed E-state index contributed by atoms with van der Waals surface area (Å²) in [5.74, 6) is 1.85. The number of aromatic nitrogens is 5. The Morgan fingerprint density at radius 1 is 1.27 bits per heavy atom. The molecule has 8 nitrogen and oxygen atoms in total. The Kier molecular flexibility index (Phi) is 4.84. The average molecular weight is 406 g/mol. The van der Waals surface area contributed by atoms with Crippen LogP contribution in [0.2, 0.25) is 0 Å². The van der Waals surface area contributed by atoms with Crippen LogP contribution in [-0.2, 0) is 12.0 Å². The Bertz CT molecular complexity index is 1030. The average Bonchev–Trinajstić information content (AvgIpc) is 3.27. The summed E-state index contributed by atoms with van der Waals surface area (Å²) in [5, 5.41) is 8.64. The van der Waals surface area contributed by atoms with E-state index >= 15 is 0 Å². The minimum atomic E-state index is -0.275. The summed E-state index contributed by atoms with van der Waals surface area (Å²) in [6.45, 7) is 4.02. The molecule has 1 saturated carbocycles. The molecule has 0 aromatic carbocycles. The van der Waals surface area contributed by atoms with E-state index < -0.39 is 0 Å². The van der Waals surface area contributed by atoms with Crippen LogP contribution in [0.25, 0.3) is 11.6 Å². The van der Waals surface area contributed by atoms with Gasteiger partial charge in [-0.05, 0) is 50.3 Å². The lowest BCUT2D eigenvalue weighted by atomic mass is 9.74. The van der Waals surface area contributed by atoms with Crippen LogP contribution in [0.15, 0.2) is 41.2 Å². The zero-order valence-corrected chi connectivity index (χ0v) is 17.2. The number of hydrogen-bond acceptors (Lipinski definition) is 6. The van der Waals surface area contributed by atoms with E-state index in [0.717, 1.165) is 25.8 Å². The van der Waals surface area contributed by atoms with Crippen molar-refractivity contribution >= 4 is 5.91 Å². The molecule has 2 fully saturated rings. The fraction of sp³-hybridized carbons (Fsp3) is 0.500. The van der Waals surface area contributed by atoms with Crippen molar-refractivity contribution in [1.82, 2.24) is 29.8 Å². The first-order valence-electron chi connectivity index (χ1n) is 10.8. The lowest BCUT2D eigenvalue weighted by Gasteiger charge is -2.41. The Labute approximate surface area is 175 Å². The largest absolute Gasteiger partial charge is 0.336 e. The van der Waals surface area contributed by atoms with Crippen molar-refractivity contribution in [3.8, 4) is 11.6 Å². The van der Waals surface area contributed by atoms with Crippen molar-refractivity contribution < 1.29 is 9.32 Å². The van der Waals surface area contributed by atoms with Crippen molar-refractivity contribution in [1.29, 1.82) is 0 Å². The maximum absolute atomic E-state index is 13.3. The number of rotatable bonds is 6. The van der Waals surface area contributed by atoms with E-state index in [1.54, 1.807) is 23.1 Å². The predicted octanol–water partition coefficient (Wildman–Crippen LogP) is 3.32. The van der Waals surface area contributed by atoms with Gasteiger partial charge in [-0.2, -0.15) is 10.1 Å². The first-order chi connectivity index (χ1) is 14.7. The first-order valence-corrected chi connectivity index (χ1v) is 10.8. The number of carbonyl (C=O) groups excluding carboxylic acids is 1. The van der Waals surface area contributed by atoms with Crippen LogP contribution in [0.5, 0.6) is 0 Å². The summed E-state index contributed by atoms with van der Waals surface area (Å²) < 4.78 is 7.35. The van der Waals surface area contributed by atoms with Crippen molar-refractivity contribution in [3.63, 3.8) is 0 Å². The fourth-order valence-corrected chi connectivity index (χ4v) is 4.58. The van der Waals surface area contributed by atoms with Crippen LogP contribution < -0.4 is 0 Å². The highest BCUT2D eigenvalue weighted by molar-refractivity contribution is 5.92. The molecule has 1 unspecified atom stereocenters. The predicted molar refractivity (Wildman–Crippen MR) is 110 cm³/mol. The topological polar surface area (TPSA) is 89.9 Å². The molecule has 0 radical (unpaired) electrons. The summed E-state index contributed by atoms with van der Waals surface area (Å²) in [4.78, 5) is 24.3. The molecular formula is C22H26N6O2. The van der Waals surface area contributed by atoms with E-state index in [2.05, 4.69) is 15.2 Å². The smallest absolute Gasteiger partial charge is 0.276 e. The van der Waals surface area contributed by atoms with Crippen LogP contribution in [0.3, 0.4) is 0 Å². The van der Waals surface area contributed by atoms with Crippen LogP contribution in [0.1, 0.15) is 55.3 Å². The van der Waals surface area contributed by atoms with E-state index in [4.69, 9.17) is 9.51 Å². The molecule has 0 bridgehead atoms. The van der Waals surface area contributed by atoms with Gasteiger partial charge in [-0.15, -0.1) is 0 Å². The molecule has 4 heterocycles.